The average Bonchev–Trinajstić information content (AvgIpc) is 2.45. The monoisotopic (exact) mass is 270 g/mol. The molecule has 0 aliphatic carbocycles. The van der Waals surface area contributed by atoms with E-state index in [4.69, 9.17) is 5.26 Å². The number of hydrogen-bond donors (Lipinski definition) is 1. The fourth-order valence-electron chi connectivity index (χ4n) is 2.15. The first-order valence-electron chi connectivity index (χ1n) is 6.43. The lowest BCUT2D eigenvalue weighted by atomic mass is 10.0. The minimum Gasteiger partial charge on any atom is -0.382 e. The highest BCUT2D eigenvalue weighted by Gasteiger charge is 2.07. The minimum atomic E-state index is 0.434. The molecule has 0 saturated carbocycles. The van der Waals surface area contributed by atoms with Gasteiger partial charge in [0, 0.05) is 22.5 Å². The van der Waals surface area contributed by atoms with Gasteiger partial charge in [0.15, 0.2) is 0 Å². The van der Waals surface area contributed by atoms with Crippen LogP contribution in [0.25, 0.3) is 10.8 Å². The third-order valence-corrected chi connectivity index (χ3v) is 3.85. The molecule has 0 fully saturated rings. The number of nitrogens with zero attached hydrogens (tertiary/aromatic N) is 1. The quantitative estimate of drug-likeness (QED) is 0.881. The van der Waals surface area contributed by atoms with Gasteiger partial charge in [0.05, 0.1) is 11.6 Å². The van der Waals surface area contributed by atoms with Crippen LogP contribution in [0.15, 0.2) is 36.4 Å². The van der Waals surface area contributed by atoms with E-state index >= 15 is 0 Å². The Balaban J connectivity index is 2.32. The average molecular weight is 270 g/mol. The van der Waals surface area contributed by atoms with Crippen LogP contribution >= 0.6 is 11.8 Å². The molecule has 2 nitrogen and oxygen atoms in total. The smallest absolute Gasteiger partial charge is 0.0998 e. The second-order valence-electron chi connectivity index (χ2n) is 4.64. The van der Waals surface area contributed by atoms with Crippen molar-refractivity contribution < 1.29 is 0 Å². The number of thioether (sulfide) groups is 1. The second-order valence-corrected chi connectivity index (χ2v) is 5.63. The first kappa shape index (κ1) is 13.8. The predicted molar refractivity (Wildman–Crippen MR) is 84.7 cm³/mol. The van der Waals surface area contributed by atoms with Gasteiger partial charge in [0.1, 0.15) is 0 Å². The summed E-state index contributed by atoms with van der Waals surface area (Å²) in [6, 6.07) is 14.7. The Labute approximate surface area is 118 Å². The van der Waals surface area contributed by atoms with Crippen molar-refractivity contribution in [3.05, 3.63) is 42.0 Å². The van der Waals surface area contributed by atoms with Crippen molar-refractivity contribution >= 4 is 28.2 Å². The molecule has 1 unspecified atom stereocenters. The van der Waals surface area contributed by atoms with Crippen molar-refractivity contribution in [3.63, 3.8) is 0 Å². The molecule has 0 saturated heterocycles. The first-order valence-corrected chi connectivity index (χ1v) is 7.83. The Bertz CT molecular complexity index is 601. The molecule has 0 amide bonds. The summed E-state index contributed by atoms with van der Waals surface area (Å²) < 4.78 is 0. The van der Waals surface area contributed by atoms with E-state index in [0.29, 0.717) is 6.04 Å². The third kappa shape index (κ3) is 3.21. The molecule has 0 heterocycles. The largest absolute Gasteiger partial charge is 0.382 e. The van der Waals surface area contributed by atoms with Crippen LogP contribution in [0, 0.1) is 11.3 Å². The zero-order valence-corrected chi connectivity index (χ0v) is 12.1. The van der Waals surface area contributed by atoms with E-state index in [1.807, 2.05) is 42.1 Å². The Kier molecular flexibility index (Phi) is 4.70. The summed E-state index contributed by atoms with van der Waals surface area (Å²) in [6.07, 6.45) is 3.26. The van der Waals surface area contributed by atoms with Gasteiger partial charge in [0.25, 0.3) is 0 Å². The van der Waals surface area contributed by atoms with E-state index in [1.165, 1.54) is 0 Å². The van der Waals surface area contributed by atoms with Crippen LogP contribution < -0.4 is 5.32 Å². The summed E-state index contributed by atoms with van der Waals surface area (Å²) in [5.74, 6) is 1.16. The van der Waals surface area contributed by atoms with Crippen LogP contribution in [0.2, 0.25) is 0 Å². The Morgan fingerprint density at radius 3 is 2.63 bits per heavy atom. The van der Waals surface area contributed by atoms with Crippen LogP contribution in [0.3, 0.4) is 0 Å². The van der Waals surface area contributed by atoms with E-state index in [9.17, 15) is 0 Å². The zero-order valence-electron chi connectivity index (χ0n) is 11.3. The molecule has 19 heavy (non-hydrogen) atoms. The topological polar surface area (TPSA) is 35.8 Å². The predicted octanol–water partition coefficient (Wildman–Crippen LogP) is 4.26. The molecular weight excluding hydrogens is 252 g/mol. The normalized spacial score (nSPS) is 12.1. The molecule has 98 valence electrons. The van der Waals surface area contributed by atoms with Gasteiger partial charge in [-0.2, -0.15) is 17.0 Å². The highest BCUT2D eigenvalue weighted by atomic mass is 32.2. The van der Waals surface area contributed by atoms with Gasteiger partial charge in [-0.15, -0.1) is 0 Å². The van der Waals surface area contributed by atoms with Crippen molar-refractivity contribution in [1.29, 1.82) is 5.26 Å². The first-order chi connectivity index (χ1) is 9.26. The molecule has 0 aromatic heterocycles. The molecule has 0 aliphatic heterocycles. The number of fused-ring (bicyclic) bond motifs is 1. The maximum atomic E-state index is 9.15. The fraction of sp³-hybridized carbons (Fsp3) is 0.312. The summed E-state index contributed by atoms with van der Waals surface area (Å²) >= 11 is 1.87. The number of nitrogens with one attached hydrogen (secondary N) is 1. The summed E-state index contributed by atoms with van der Waals surface area (Å²) in [4.78, 5) is 0. The number of nitriles is 1. The van der Waals surface area contributed by atoms with Crippen molar-refractivity contribution in [2.75, 3.05) is 17.3 Å². The lowest BCUT2D eigenvalue weighted by molar-refractivity contribution is 0.773. The van der Waals surface area contributed by atoms with Crippen LogP contribution in [0.5, 0.6) is 0 Å². The van der Waals surface area contributed by atoms with Gasteiger partial charge in [-0.3, -0.25) is 0 Å². The molecule has 3 heteroatoms. The number of anilines is 1. The van der Waals surface area contributed by atoms with Crippen LogP contribution in [-0.4, -0.2) is 18.1 Å². The molecule has 0 bridgehead atoms. The number of rotatable bonds is 5. The van der Waals surface area contributed by atoms with Crippen molar-refractivity contribution in [1.82, 2.24) is 0 Å². The third-order valence-electron chi connectivity index (χ3n) is 3.20. The zero-order chi connectivity index (χ0) is 13.7. The summed E-state index contributed by atoms with van der Waals surface area (Å²) in [7, 11) is 0. The minimum absolute atomic E-state index is 0.434. The lowest BCUT2D eigenvalue weighted by Crippen LogP contribution is -2.16. The highest BCUT2D eigenvalue weighted by Crippen LogP contribution is 2.27. The second kappa shape index (κ2) is 6.49. The van der Waals surface area contributed by atoms with Gasteiger partial charge < -0.3 is 5.32 Å². The maximum absolute atomic E-state index is 9.15. The summed E-state index contributed by atoms with van der Waals surface area (Å²) in [6.45, 7) is 2.20. The molecule has 0 spiro atoms. The fourth-order valence-corrected chi connectivity index (χ4v) is 2.74. The van der Waals surface area contributed by atoms with Gasteiger partial charge in [-0.05, 0) is 37.5 Å². The van der Waals surface area contributed by atoms with Gasteiger partial charge in [-0.25, -0.2) is 0 Å². The van der Waals surface area contributed by atoms with Crippen molar-refractivity contribution in [3.8, 4) is 6.07 Å². The van der Waals surface area contributed by atoms with Crippen molar-refractivity contribution in [2.24, 2.45) is 0 Å². The Morgan fingerprint density at radius 1 is 1.21 bits per heavy atom. The van der Waals surface area contributed by atoms with Gasteiger partial charge in [0.2, 0.25) is 0 Å². The van der Waals surface area contributed by atoms with Gasteiger partial charge >= 0.3 is 0 Å². The molecule has 0 radical (unpaired) electrons. The summed E-state index contributed by atoms with van der Waals surface area (Å²) in [5, 5.41) is 14.8. The highest BCUT2D eigenvalue weighted by molar-refractivity contribution is 7.98. The lowest BCUT2D eigenvalue weighted by Gasteiger charge is -2.17. The van der Waals surface area contributed by atoms with Crippen LogP contribution in [0.4, 0.5) is 5.69 Å². The van der Waals surface area contributed by atoms with Gasteiger partial charge in [-0.1, -0.05) is 24.3 Å². The SMILES string of the molecule is CSCCC(C)Nc1ccc(C#N)c2ccccc12. The number of benzene rings is 2. The molecule has 2 rings (SSSR count). The summed E-state index contributed by atoms with van der Waals surface area (Å²) in [5.41, 5.74) is 1.85. The maximum Gasteiger partial charge on any atom is 0.0998 e. The van der Waals surface area contributed by atoms with Crippen molar-refractivity contribution in [2.45, 2.75) is 19.4 Å². The van der Waals surface area contributed by atoms with E-state index in [-0.39, 0.29) is 0 Å². The van der Waals surface area contributed by atoms with E-state index in [1.54, 1.807) is 0 Å². The molecule has 1 N–H and O–H groups in total. The Hall–Kier alpha value is -1.66. The molecule has 1 atom stereocenters. The van der Waals surface area contributed by atoms with Crippen LogP contribution in [0.1, 0.15) is 18.9 Å². The molecule has 2 aromatic carbocycles. The number of hydrogen-bond acceptors (Lipinski definition) is 3. The standard InChI is InChI=1S/C16H18N2S/c1-12(9-10-19-2)18-16-8-7-13(11-17)14-5-3-4-6-15(14)16/h3-8,12,18H,9-10H2,1-2H3. The van der Waals surface area contributed by atoms with E-state index in [2.05, 4.69) is 30.6 Å². The van der Waals surface area contributed by atoms with E-state index < -0.39 is 0 Å². The van der Waals surface area contributed by atoms with Crippen LogP contribution in [-0.2, 0) is 0 Å². The molecular formula is C16H18N2S. The Morgan fingerprint density at radius 2 is 1.95 bits per heavy atom. The van der Waals surface area contributed by atoms with E-state index in [0.717, 1.165) is 34.2 Å². The molecule has 0 aliphatic rings. The molecule has 2 aromatic rings.